The topological polar surface area (TPSA) is 50.9 Å². The molecule has 8 aromatic carbocycles. The van der Waals surface area contributed by atoms with Gasteiger partial charge in [0.25, 0.3) is 0 Å². The molecule has 0 fully saturated rings. The van der Waals surface area contributed by atoms with Crippen molar-refractivity contribution in [1.29, 1.82) is 0 Å². The van der Waals surface area contributed by atoms with Gasteiger partial charge in [0.1, 0.15) is 11.6 Å². The number of phenolic OH excluding ortho intramolecular Hbond substituents is 1. The molecule has 0 radical (unpaired) electrons. The molecule has 10 aromatic rings. The first-order valence-electron chi connectivity index (χ1n) is 29.4. The Morgan fingerprint density at radius 1 is 0.506 bits per heavy atom. The molecule has 4 nitrogen and oxygen atoms in total. The highest BCUT2D eigenvalue weighted by molar-refractivity contribution is 5.98. The molecule has 77 heavy (non-hydrogen) atoms. The minimum absolute atomic E-state index is 0.00101. The molecular formula is C73H75N3O. The van der Waals surface area contributed by atoms with Crippen molar-refractivity contribution in [2.45, 2.75) is 124 Å². The number of aromatic hydroxyl groups is 1. The average Bonchev–Trinajstić information content (AvgIpc) is 3.92. The van der Waals surface area contributed by atoms with Crippen LogP contribution in [0.25, 0.3) is 95.0 Å². The van der Waals surface area contributed by atoms with E-state index in [-0.39, 0.29) is 34.0 Å². The number of aryl methyl sites for hydroxylation is 1. The van der Waals surface area contributed by atoms with Gasteiger partial charge < -0.3 is 5.11 Å². The van der Waals surface area contributed by atoms with E-state index in [0.29, 0.717) is 22.6 Å². The van der Waals surface area contributed by atoms with Gasteiger partial charge in [-0.05, 0) is 188 Å². The van der Waals surface area contributed by atoms with Gasteiger partial charge in [-0.3, -0.25) is 9.55 Å². The molecule has 0 aliphatic carbocycles. The van der Waals surface area contributed by atoms with Crippen molar-refractivity contribution >= 4 is 11.0 Å². The lowest BCUT2D eigenvalue weighted by Gasteiger charge is -2.36. The van der Waals surface area contributed by atoms with Gasteiger partial charge in [-0.1, -0.05) is 197 Å². The highest BCUT2D eigenvalue weighted by Crippen LogP contribution is 2.48. The van der Waals surface area contributed by atoms with Gasteiger partial charge in [-0.25, -0.2) is 4.98 Å². The maximum Gasteiger partial charge on any atom is 0.149 e. The summed E-state index contributed by atoms with van der Waals surface area (Å²) in [6.07, 6.45) is 5.63. The van der Waals surface area contributed by atoms with Gasteiger partial charge in [0.15, 0.2) is 0 Å². The Kier molecular flexibility index (Phi) is 13.7. The summed E-state index contributed by atoms with van der Waals surface area (Å²) in [6.45, 7) is 19.7. The van der Waals surface area contributed by atoms with Crippen molar-refractivity contribution < 1.29 is 9.22 Å². The Morgan fingerprint density at radius 3 is 1.66 bits per heavy atom. The van der Waals surface area contributed by atoms with Crippen LogP contribution in [0.3, 0.4) is 0 Å². The van der Waals surface area contributed by atoms with Crippen molar-refractivity contribution in [3.05, 3.63) is 216 Å². The molecule has 0 unspecified atom stereocenters. The van der Waals surface area contributed by atoms with Crippen LogP contribution < -0.4 is 0 Å². The molecular weight excluding hydrogens is 935 g/mol. The van der Waals surface area contributed by atoms with E-state index in [1.165, 1.54) is 16.7 Å². The number of hydrogen-bond acceptors (Lipinski definition) is 3. The lowest BCUT2D eigenvalue weighted by Crippen LogP contribution is -2.25. The van der Waals surface area contributed by atoms with E-state index in [0.717, 1.165) is 104 Å². The predicted molar refractivity (Wildman–Crippen MR) is 327 cm³/mol. The van der Waals surface area contributed by atoms with E-state index < -0.39 is 6.85 Å². The van der Waals surface area contributed by atoms with E-state index in [2.05, 4.69) is 209 Å². The Bertz CT molecular complexity index is 3810. The molecule has 2 aromatic heterocycles. The van der Waals surface area contributed by atoms with Gasteiger partial charge in [0.2, 0.25) is 0 Å². The Hall–Kier alpha value is -7.82. The Morgan fingerprint density at radius 2 is 1.06 bits per heavy atom. The van der Waals surface area contributed by atoms with Crippen LogP contribution in [0, 0.1) is 6.85 Å². The van der Waals surface area contributed by atoms with Crippen LogP contribution in [-0.4, -0.2) is 19.6 Å². The summed E-state index contributed by atoms with van der Waals surface area (Å²) < 4.78 is 30.3. The number of fused-ring (bicyclic) bond motifs is 1. The lowest BCUT2D eigenvalue weighted by molar-refractivity contribution is 0.426. The fourth-order valence-corrected chi connectivity index (χ4v) is 11.4. The SMILES string of the molecule is [2H]C([2H])([2H])c1cc(-c2c(C(C)(CC)CC)cccc2C(C)(CC)CC)ccc1-n1c(-c2cc(C(C)C)cc(C(C)C)c2O)nc2c(-c3cc(-c4ccccc4)cc(-c4cc(-c5ccc(-c6ccccc6)cc5)ccn4)c3)cccc21. The molecule has 0 atom stereocenters. The number of rotatable bonds is 16. The van der Waals surface area contributed by atoms with E-state index in [9.17, 15) is 9.22 Å². The molecule has 10 rings (SSSR count). The van der Waals surface area contributed by atoms with Gasteiger partial charge in [0.05, 0.1) is 28.0 Å². The molecule has 4 heteroatoms. The number of nitrogens with zero attached hydrogens (tertiary/aromatic N) is 3. The van der Waals surface area contributed by atoms with Crippen molar-refractivity contribution in [3.63, 3.8) is 0 Å². The number of aromatic nitrogens is 3. The first kappa shape index (κ1) is 48.8. The highest BCUT2D eigenvalue weighted by Gasteiger charge is 2.33. The number of hydrogen-bond donors (Lipinski definition) is 1. The zero-order valence-corrected chi connectivity index (χ0v) is 46.7. The number of benzene rings is 8. The Balaban J connectivity index is 1.23. The summed E-state index contributed by atoms with van der Waals surface area (Å²) in [6, 6.07) is 63.4. The van der Waals surface area contributed by atoms with Crippen LogP contribution in [-0.2, 0) is 10.8 Å². The van der Waals surface area contributed by atoms with Crippen molar-refractivity contribution in [1.82, 2.24) is 14.5 Å². The fraction of sp³-hybridized carbons (Fsp3) is 0.260. The normalized spacial score (nSPS) is 12.8. The predicted octanol–water partition coefficient (Wildman–Crippen LogP) is 20.5. The molecule has 1 N–H and O–H groups in total. The smallest absolute Gasteiger partial charge is 0.149 e. The van der Waals surface area contributed by atoms with Crippen LogP contribution in [0.4, 0.5) is 0 Å². The maximum atomic E-state index is 12.6. The summed E-state index contributed by atoms with van der Waals surface area (Å²) in [7, 11) is 0. The molecule has 0 aliphatic rings. The van der Waals surface area contributed by atoms with Crippen molar-refractivity contribution in [2.24, 2.45) is 0 Å². The first-order chi connectivity index (χ1) is 38.4. The number of imidazole rings is 1. The molecule has 0 amide bonds. The quantitative estimate of drug-likeness (QED) is 0.105. The largest absolute Gasteiger partial charge is 0.507 e. The Labute approximate surface area is 462 Å². The van der Waals surface area contributed by atoms with Gasteiger partial charge in [-0.15, -0.1) is 0 Å². The molecule has 388 valence electrons. The minimum atomic E-state index is -2.54. The van der Waals surface area contributed by atoms with E-state index in [1.54, 1.807) is 0 Å². The van der Waals surface area contributed by atoms with E-state index >= 15 is 0 Å². The van der Waals surface area contributed by atoms with Crippen LogP contribution in [0.2, 0.25) is 0 Å². The number of phenols is 1. The first-order valence-corrected chi connectivity index (χ1v) is 27.9. The van der Waals surface area contributed by atoms with Gasteiger partial charge in [-0.2, -0.15) is 0 Å². The third-order valence-electron chi connectivity index (χ3n) is 17.1. The molecule has 0 saturated heterocycles. The molecule has 0 aliphatic heterocycles. The highest BCUT2D eigenvalue weighted by atomic mass is 16.3. The van der Waals surface area contributed by atoms with Gasteiger partial charge in [0, 0.05) is 21.4 Å². The van der Waals surface area contributed by atoms with Crippen molar-refractivity contribution in [2.75, 3.05) is 0 Å². The molecule has 0 saturated carbocycles. The van der Waals surface area contributed by atoms with Crippen LogP contribution in [0.5, 0.6) is 5.75 Å². The van der Waals surface area contributed by atoms with Crippen molar-refractivity contribution in [3.8, 4) is 89.7 Å². The van der Waals surface area contributed by atoms with Crippen LogP contribution in [0.1, 0.15) is 139 Å². The average molecular weight is 1010 g/mol. The summed E-state index contributed by atoms with van der Waals surface area (Å²) in [5.74, 6) is 0.746. The van der Waals surface area contributed by atoms with Crippen LogP contribution >= 0.6 is 0 Å². The van der Waals surface area contributed by atoms with E-state index in [1.807, 2.05) is 53.2 Å². The second-order valence-corrected chi connectivity index (χ2v) is 22.3. The van der Waals surface area contributed by atoms with E-state index in [4.69, 9.17) is 9.97 Å². The fourth-order valence-electron chi connectivity index (χ4n) is 11.4. The monoisotopic (exact) mass is 1010 g/mol. The second-order valence-electron chi connectivity index (χ2n) is 22.3. The third-order valence-corrected chi connectivity index (χ3v) is 17.1. The zero-order valence-electron chi connectivity index (χ0n) is 49.7. The summed E-state index contributed by atoms with van der Waals surface area (Å²) in [5.41, 5.74) is 18.8. The lowest BCUT2D eigenvalue weighted by atomic mass is 9.68. The van der Waals surface area contributed by atoms with Crippen LogP contribution in [0.15, 0.2) is 188 Å². The number of pyridine rings is 1. The third kappa shape index (κ3) is 9.96. The second kappa shape index (κ2) is 21.7. The summed E-state index contributed by atoms with van der Waals surface area (Å²) in [5, 5.41) is 12.6. The number of para-hydroxylation sites is 1. The van der Waals surface area contributed by atoms with Gasteiger partial charge >= 0.3 is 0 Å². The molecule has 0 bridgehead atoms. The maximum absolute atomic E-state index is 12.6. The minimum Gasteiger partial charge on any atom is -0.507 e. The summed E-state index contributed by atoms with van der Waals surface area (Å²) in [4.78, 5) is 10.6. The zero-order chi connectivity index (χ0) is 56.7. The molecule has 2 heterocycles. The standard InChI is InChI=1S/C73H75N3O/c1-12-72(10,13-2)63-29-23-30-64(73(11,14-3)15-4)68(63)55-36-37-66(49(9)40-55)76-67-31-22-28-60(69(67)75-71(76)62-45-56(47(5)6)44-61(48(7)8)70(62)77)58-41-57(51-26-20-17-21-27-51)42-59(43-58)65-46-54(38-39-74-65)53-34-32-52(33-35-53)50-24-18-16-19-25-50/h16-48,77H,12-15H2,1-11H3/i9D3. The summed E-state index contributed by atoms with van der Waals surface area (Å²) >= 11 is 0. The molecule has 0 spiro atoms.